The zero-order valence-electron chi connectivity index (χ0n) is 18.8. The minimum atomic E-state index is -0.642. The highest BCUT2D eigenvalue weighted by Crippen LogP contribution is 2.32. The molecular weight excluding hydrogens is 416 g/mol. The van der Waals surface area contributed by atoms with E-state index < -0.39 is 6.10 Å². The molecule has 8 heteroatoms. The van der Waals surface area contributed by atoms with Crippen molar-refractivity contribution in [3.63, 3.8) is 0 Å². The second-order valence-electron chi connectivity index (χ2n) is 7.95. The lowest BCUT2D eigenvalue weighted by molar-refractivity contribution is 0.0277. The van der Waals surface area contributed by atoms with E-state index >= 15 is 0 Å². The molecule has 0 saturated heterocycles. The van der Waals surface area contributed by atoms with E-state index in [0.29, 0.717) is 30.4 Å². The van der Waals surface area contributed by atoms with Crippen LogP contribution in [0.4, 0.5) is 8.78 Å². The monoisotopic (exact) mass is 445 g/mol. The first kappa shape index (κ1) is 23.8. The van der Waals surface area contributed by atoms with E-state index in [1.54, 1.807) is 36.1 Å². The molecule has 1 heterocycles. The third-order valence-electron chi connectivity index (χ3n) is 5.13. The minimum Gasteiger partial charge on any atom is -0.439 e. The van der Waals surface area contributed by atoms with Gasteiger partial charge in [-0.2, -0.15) is 5.10 Å². The zero-order valence-corrected chi connectivity index (χ0v) is 18.8. The Kier molecular flexibility index (Phi) is 7.95. The molecule has 2 aromatic carbocycles. The van der Waals surface area contributed by atoms with Crippen LogP contribution in [0.15, 0.2) is 48.5 Å². The van der Waals surface area contributed by atoms with Gasteiger partial charge in [-0.1, -0.05) is 0 Å². The first-order chi connectivity index (χ1) is 15.3. The Hall–Kier alpha value is -2.81. The molecule has 0 saturated carbocycles. The second kappa shape index (κ2) is 10.7. The summed E-state index contributed by atoms with van der Waals surface area (Å²) in [5.74, 6) is 0.190. The maximum absolute atomic E-state index is 13.5. The lowest BCUT2D eigenvalue weighted by Crippen LogP contribution is -2.38. The molecule has 3 rings (SSSR count). The molecule has 0 bridgehead atoms. The first-order valence-electron chi connectivity index (χ1n) is 10.5. The van der Waals surface area contributed by atoms with Gasteiger partial charge >= 0.3 is 0 Å². The lowest BCUT2D eigenvalue weighted by Gasteiger charge is -2.28. The van der Waals surface area contributed by atoms with Gasteiger partial charge in [0.2, 0.25) is 5.88 Å². The number of methoxy groups -OCH3 is 1. The maximum atomic E-state index is 13.5. The third kappa shape index (κ3) is 5.91. The summed E-state index contributed by atoms with van der Waals surface area (Å²) in [6.07, 6.45) is -0.642. The summed E-state index contributed by atoms with van der Waals surface area (Å²) >= 11 is 0. The van der Waals surface area contributed by atoms with Crippen molar-refractivity contribution in [3.05, 3.63) is 71.4 Å². The number of aliphatic hydroxyl groups is 1. The number of nitrogens with zero attached hydrogens (tertiary/aromatic N) is 3. The van der Waals surface area contributed by atoms with E-state index in [-0.39, 0.29) is 24.3 Å². The fraction of sp³-hybridized carbons (Fsp3) is 0.375. The van der Waals surface area contributed by atoms with Crippen molar-refractivity contribution in [1.29, 1.82) is 0 Å². The number of aliphatic hydroxyl groups excluding tert-OH is 1. The number of hydrogen-bond donors (Lipinski definition) is 1. The van der Waals surface area contributed by atoms with Crippen molar-refractivity contribution in [2.45, 2.75) is 39.5 Å². The van der Waals surface area contributed by atoms with Crippen molar-refractivity contribution in [3.8, 4) is 17.3 Å². The van der Waals surface area contributed by atoms with E-state index in [1.807, 2.05) is 20.8 Å². The van der Waals surface area contributed by atoms with E-state index in [1.165, 1.54) is 24.3 Å². The highest BCUT2D eigenvalue weighted by Gasteiger charge is 2.24. The van der Waals surface area contributed by atoms with Crippen molar-refractivity contribution < 1.29 is 23.4 Å². The van der Waals surface area contributed by atoms with Gasteiger partial charge in [-0.25, -0.2) is 13.5 Å². The van der Waals surface area contributed by atoms with Gasteiger partial charge in [0.15, 0.2) is 0 Å². The van der Waals surface area contributed by atoms with Crippen LogP contribution in [0.2, 0.25) is 0 Å². The number of halogens is 2. The fourth-order valence-corrected chi connectivity index (χ4v) is 3.37. The SMILES string of the molecule is COCC(O)CN(Cc1c(C)nn(-c2ccc(F)cc2)c1Oc1ccc(F)cc1)C(C)C. The molecule has 6 nitrogen and oxygen atoms in total. The number of hydrogen-bond acceptors (Lipinski definition) is 5. The second-order valence-corrected chi connectivity index (χ2v) is 7.95. The van der Waals surface area contributed by atoms with Crippen LogP contribution in [0.3, 0.4) is 0 Å². The van der Waals surface area contributed by atoms with Crippen LogP contribution < -0.4 is 4.74 Å². The molecule has 0 fully saturated rings. The molecule has 0 aliphatic carbocycles. The molecule has 1 aromatic heterocycles. The van der Waals surface area contributed by atoms with Gasteiger partial charge in [0.25, 0.3) is 0 Å². The molecular formula is C24H29F2N3O3. The topological polar surface area (TPSA) is 59.8 Å². The van der Waals surface area contributed by atoms with Gasteiger partial charge in [-0.05, 0) is 69.3 Å². The van der Waals surface area contributed by atoms with Crippen LogP contribution in [-0.4, -0.2) is 52.2 Å². The highest BCUT2D eigenvalue weighted by atomic mass is 19.1. The Morgan fingerprint density at radius 1 is 1.03 bits per heavy atom. The number of aryl methyl sites for hydroxylation is 1. The predicted octanol–water partition coefficient (Wildman–Crippen LogP) is 4.47. The molecule has 0 aliphatic heterocycles. The predicted molar refractivity (Wildman–Crippen MR) is 118 cm³/mol. The fourth-order valence-electron chi connectivity index (χ4n) is 3.37. The standard InChI is InChI=1S/C24H29F2N3O3/c1-16(2)28(13-21(30)15-31-4)14-23-17(3)27-29(20-9-5-18(25)6-10-20)24(23)32-22-11-7-19(26)8-12-22/h5-12,16,21,30H,13-15H2,1-4H3. The maximum Gasteiger partial charge on any atom is 0.227 e. The number of rotatable bonds is 10. The summed E-state index contributed by atoms with van der Waals surface area (Å²) in [6.45, 7) is 7.05. The zero-order chi connectivity index (χ0) is 23.3. The van der Waals surface area contributed by atoms with Crippen molar-refractivity contribution in [2.24, 2.45) is 0 Å². The van der Waals surface area contributed by atoms with Gasteiger partial charge in [0.05, 0.1) is 29.7 Å². The first-order valence-corrected chi connectivity index (χ1v) is 10.5. The van der Waals surface area contributed by atoms with Crippen LogP contribution in [0, 0.1) is 18.6 Å². The lowest BCUT2D eigenvalue weighted by atomic mass is 10.2. The summed E-state index contributed by atoms with van der Waals surface area (Å²) in [5.41, 5.74) is 2.18. The largest absolute Gasteiger partial charge is 0.439 e. The van der Waals surface area contributed by atoms with Crippen LogP contribution in [0.5, 0.6) is 11.6 Å². The van der Waals surface area contributed by atoms with Gasteiger partial charge in [0, 0.05) is 26.2 Å². The van der Waals surface area contributed by atoms with E-state index in [2.05, 4.69) is 10.00 Å². The number of ether oxygens (including phenoxy) is 2. The number of aromatic nitrogens is 2. The molecule has 1 unspecified atom stereocenters. The normalized spacial score (nSPS) is 12.5. The van der Waals surface area contributed by atoms with Gasteiger partial charge in [-0.15, -0.1) is 0 Å². The Morgan fingerprint density at radius 3 is 2.19 bits per heavy atom. The molecule has 0 spiro atoms. The smallest absolute Gasteiger partial charge is 0.227 e. The molecule has 1 atom stereocenters. The Balaban J connectivity index is 2.01. The molecule has 3 aromatic rings. The summed E-state index contributed by atoms with van der Waals surface area (Å²) in [5, 5.41) is 14.9. The molecule has 1 N–H and O–H groups in total. The van der Waals surface area contributed by atoms with Crippen molar-refractivity contribution in [1.82, 2.24) is 14.7 Å². The highest BCUT2D eigenvalue weighted by molar-refractivity contribution is 5.43. The molecule has 0 aliphatic rings. The quantitative estimate of drug-likeness (QED) is 0.499. The van der Waals surface area contributed by atoms with Crippen LogP contribution >= 0.6 is 0 Å². The van der Waals surface area contributed by atoms with E-state index in [0.717, 1.165) is 11.3 Å². The average molecular weight is 446 g/mol. The molecule has 172 valence electrons. The Bertz CT molecular complexity index is 1000. The summed E-state index contributed by atoms with van der Waals surface area (Å²) in [7, 11) is 1.55. The van der Waals surface area contributed by atoms with Crippen LogP contribution in [0.1, 0.15) is 25.1 Å². The minimum absolute atomic E-state index is 0.133. The van der Waals surface area contributed by atoms with Gasteiger partial charge in [-0.3, -0.25) is 4.90 Å². The Morgan fingerprint density at radius 2 is 1.62 bits per heavy atom. The van der Waals surface area contributed by atoms with Crippen molar-refractivity contribution >= 4 is 0 Å². The van der Waals surface area contributed by atoms with E-state index in [9.17, 15) is 13.9 Å². The molecule has 0 radical (unpaired) electrons. The number of benzene rings is 2. The Labute approximate surface area is 187 Å². The third-order valence-corrected chi connectivity index (χ3v) is 5.13. The summed E-state index contributed by atoms with van der Waals surface area (Å²) < 4.78 is 39.7. The van der Waals surface area contributed by atoms with Crippen LogP contribution in [0.25, 0.3) is 5.69 Å². The molecule has 0 amide bonds. The van der Waals surface area contributed by atoms with Gasteiger partial charge in [0.1, 0.15) is 17.4 Å². The van der Waals surface area contributed by atoms with Crippen molar-refractivity contribution in [2.75, 3.05) is 20.3 Å². The van der Waals surface area contributed by atoms with Gasteiger partial charge < -0.3 is 14.6 Å². The summed E-state index contributed by atoms with van der Waals surface area (Å²) in [4.78, 5) is 2.10. The summed E-state index contributed by atoms with van der Waals surface area (Å²) in [6, 6.07) is 11.8. The molecule has 32 heavy (non-hydrogen) atoms. The van der Waals surface area contributed by atoms with Crippen LogP contribution in [-0.2, 0) is 11.3 Å². The average Bonchev–Trinajstić information content (AvgIpc) is 3.05. The van der Waals surface area contributed by atoms with E-state index in [4.69, 9.17) is 9.47 Å².